The third-order valence-electron chi connectivity index (χ3n) is 3.55. The third-order valence-corrected chi connectivity index (χ3v) is 3.92. The molecule has 2 aromatic carbocycles. The number of carbonyl (C=O) groups excluding carboxylic acids is 1. The van der Waals surface area contributed by atoms with Crippen LogP contribution in [0.5, 0.6) is 0 Å². The van der Waals surface area contributed by atoms with Gasteiger partial charge in [0.2, 0.25) is 0 Å². The minimum absolute atomic E-state index is 0. The Morgan fingerprint density at radius 2 is 1.73 bits per heavy atom. The first-order chi connectivity index (χ1) is 12.1. The first-order valence-electron chi connectivity index (χ1n) is 8.08. The average Bonchev–Trinajstić information content (AvgIpc) is 2.64. The van der Waals surface area contributed by atoms with Crippen LogP contribution in [0.1, 0.15) is 28.4 Å². The number of aliphatic imine (C=N–C) groups is 1. The van der Waals surface area contributed by atoms with E-state index in [1.165, 1.54) is 0 Å². The molecule has 2 N–H and O–H groups in total. The molecule has 0 unspecified atom stereocenters. The van der Waals surface area contributed by atoms with Gasteiger partial charge >= 0.3 is 5.97 Å². The van der Waals surface area contributed by atoms with Gasteiger partial charge in [0.05, 0.1) is 12.2 Å². The molecule has 0 aliphatic carbocycles. The zero-order valence-electron chi connectivity index (χ0n) is 14.8. The van der Waals surface area contributed by atoms with Gasteiger partial charge in [-0.05, 0) is 36.2 Å². The van der Waals surface area contributed by atoms with E-state index in [1.54, 1.807) is 26.1 Å². The SMILES string of the molecule is CCOC(=O)c1ccc(CNC(=NC)NCc2ccccc2Cl)cc1.I. The van der Waals surface area contributed by atoms with Crippen molar-refractivity contribution < 1.29 is 9.53 Å². The van der Waals surface area contributed by atoms with Crippen molar-refractivity contribution in [2.75, 3.05) is 13.7 Å². The molecule has 0 saturated heterocycles. The van der Waals surface area contributed by atoms with E-state index in [1.807, 2.05) is 36.4 Å². The quantitative estimate of drug-likeness (QED) is 0.280. The summed E-state index contributed by atoms with van der Waals surface area (Å²) in [5.41, 5.74) is 2.59. The van der Waals surface area contributed by atoms with Crippen molar-refractivity contribution in [3.8, 4) is 0 Å². The van der Waals surface area contributed by atoms with Gasteiger partial charge in [0, 0.05) is 25.2 Å². The van der Waals surface area contributed by atoms with Crippen LogP contribution in [0.15, 0.2) is 53.5 Å². The summed E-state index contributed by atoms with van der Waals surface area (Å²) in [5.74, 6) is 0.369. The summed E-state index contributed by atoms with van der Waals surface area (Å²) in [6.45, 7) is 3.33. The fraction of sp³-hybridized carbons (Fsp3) is 0.263. The Balaban J connectivity index is 0.00000338. The van der Waals surface area contributed by atoms with Crippen LogP contribution < -0.4 is 10.6 Å². The topological polar surface area (TPSA) is 62.7 Å². The summed E-state index contributed by atoms with van der Waals surface area (Å²) in [5, 5.41) is 7.17. The van der Waals surface area contributed by atoms with Gasteiger partial charge in [0.1, 0.15) is 0 Å². The van der Waals surface area contributed by atoms with E-state index in [9.17, 15) is 4.79 Å². The van der Waals surface area contributed by atoms with Crippen LogP contribution >= 0.6 is 35.6 Å². The van der Waals surface area contributed by atoms with Gasteiger partial charge in [0.25, 0.3) is 0 Å². The van der Waals surface area contributed by atoms with Gasteiger partial charge in [-0.3, -0.25) is 4.99 Å². The lowest BCUT2D eigenvalue weighted by molar-refractivity contribution is 0.0526. The van der Waals surface area contributed by atoms with Crippen molar-refractivity contribution in [2.45, 2.75) is 20.0 Å². The fourth-order valence-electron chi connectivity index (χ4n) is 2.20. The van der Waals surface area contributed by atoms with E-state index in [4.69, 9.17) is 16.3 Å². The minimum Gasteiger partial charge on any atom is -0.462 e. The lowest BCUT2D eigenvalue weighted by Gasteiger charge is -2.13. The molecular formula is C19H23ClIN3O2. The molecule has 0 radical (unpaired) electrons. The Kier molecular flexibility index (Phi) is 10.0. The first kappa shape index (κ1) is 22.2. The maximum Gasteiger partial charge on any atom is 0.338 e. The zero-order valence-corrected chi connectivity index (χ0v) is 17.9. The molecule has 0 atom stereocenters. The van der Waals surface area contributed by atoms with E-state index in [0.29, 0.717) is 31.2 Å². The first-order valence-corrected chi connectivity index (χ1v) is 8.45. The van der Waals surface area contributed by atoms with Gasteiger partial charge in [-0.2, -0.15) is 0 Å². The lowest BCUT2D eigenvalue weighted by atomic mass is 10.1. The third kappa shape index (κ3) is 6.84. The van der Waals surface area contributed by atoms with Gasteiger partial charge in [-0.15, -0.1) is 24.0 Å². The highest BCUT2D eigenvalue weighted by molar-refractivity contribution is 14.0. The number of hydrogen-bond donors (Lipinski definition) is 2. The summed E-state index contributed by atoms with van der Waals surface area (Å²) < 4.78 is 4.97. The smallest absolute Gasteiger partial charge is 0.338 e. The monoisotopic (exact) mass is 487 g/mol. The lowest BCUT2D eigenvalue weighted by Crippen LogP contribution is -2.36. The molecule has 0 heterocycles. The molecule has 0 aromatic heterocycles. The number of esters is 1. The molecule has 0 aliphatic rings. The van der Waals surface area contributed by atoms with Crippen LogP contribution in [0.3, 0.4) is 0 Å². The molecular weight excluding hydrogens is 465 g/mol. The van der Waals surface area contributed by atoms with Crippen molar-refractivity contribution in [3.63, 3.8) is 0 Å². The summed E-state index contributed by atoms with van der Waals surface area (Å²) >= 11 is 6.15. The van der Waals surface area contributed by atoms with Gasteiger partial charge in [-0.1, -0.05) is 41.9 Å². The summed E-state index contributed by atoms with van der Waals surface area (Å²) in [7, 11) is 1.71. The minimum atomic E-state index is -0.306. The second-order valence-corrected chi connectivity index (χ2v) is 5.70. The molecule has 140 valence electrons. The van der Waals surface area contributed by atoms with Crippen molar-refractivity contribution >= 4 is 47.5 Å². The number of rotatable bonds is 6. The van der Waals surface area contributed by atoms with Gasteiger partial charge in [0.15, 0.2) is 5.96 Å². The van der Waals surface area contributed by atoms with E-state index in [2.05, 4.69) is 15.6 Å². The largest absolute Gasteiger partial charge is 0.462 e. The highest BCUT2D eigenvalue weighted by Gasteiger charge is 2.06. The van der Waals surface area contributed by atoms with Crippen LogP contribution in [0, 0.1) is 0 Å². The predicted molar refractivity (Wildman–Crippen MR) is 116 cm³/mol. The number of ether oxygens (including phenoxy) is 1. The van der Waals surface area contributed by atoms with Crippen LogP contribution in [0.4, 0.5) is 0 Å². The molecule has 0 fully saturated rings. The average molecular weight is 488 g/mol. The number of carbonyl (C=O) groups is 1. The molecule has 0 aliphatic heterocycles. The Morgan fingerprint density at radius 3 is 2.35 bits per heavy atom. The van der Waals surface area contributed by atoms with E-state index in [-0.39, 0.29) is 29.9 Å². The Hall–Kier alpha value is -1.80. The van der Waals surface area contributed by atoms with E-state index in [0.717, 1.165) is 16.1 Å². The summed E-state index contributed by atoms with van der Waals surface area (Å²) in [6.07, 6.45) is 0. The van der Waals surface area contributed by atoms with Crippen molar-refractivity contribution in [1.82, 2.24) is 10.6 Å². The maximum atomic E-state index is 11.6. The van der Waals surface area contributed by atoms with Gasteiger partial charge < -0.3 is 15.4 Å². The molecule has 26 heavy (non-hydrogen) atoms. The van der Waals surface area contributed by atoms with Crippen molar-refractivity contribution in [3.05, 3.63) is 70.2 Å². The summed E-state index contributed by atoms with van der Waals surface area (Å²) in [4.78, 5) is 15.8. The highest BCUT2D eigenvalue weighted by Crippen LogP contribution is 2.14. The van der Waals surface area contributed by atoms with Gasteiger partial charge in [-0.25, -0.2) is 4.79 Å². The van der Waals surface area contributed by atoms with Crippen LogP contribution in [0.2, 0.25) is 5.02 Å². The van der Waals surface area contributed by atoms with E-state index < -0.39 is 0 Å². The molecule has 7 heteroatoms. The molecule has 0 spiro atoms. The summed E-state index contributed by atoms with van der Waals surface area (Å²) in [6, 6.07) is 15.0. The molecule has 0 bridgehead atoms. The molecule has 2 rings (SSSR count). The van der Waals surface area contributed by atoms with Crippen LogP contribution in [-0.2, 0) is 17.8 Å². The Bertz CT molecular complexity index is 736. The molecule has 5 nitrogen and oxygen atoms in total. The predicted octanol–water partition coefficient (Wildman–Crippen LogP) is 4.00. The second-order valence-electron chi connectivity index (χ2n) is 5.29. The Labute approximate surface area is 176 Å². The number of benzene rings is 2. The molecule has 2 aromatic rings. The number of nitrogens with zero attached hydrogens (tertiary/aromatic N) is 1. The standard InChI is InChI=1S/C19H22ClN3O2.HI/c1-3-25-18(24)15-10-8-14(9-11-15)12-22-19(21-2)23-13-16-6-4-5-7-17(16)20;/h4-11H,3,12-13H2,1-2H3,(H2,21,22,23);1H. The number of nitrogens with one attached hydrogen (secondary N) is 2. The highest BCUT2D eigenvalue weighted by atomic mass is 127. The van der Waals surface area contributed by atoms with Crippen molar-refractivity contribution in [1.29, 1.82) is 0 Å². The van der Waals surface area contributed by atoms with Crippen molar-refractivity contribution in [2.24, 2.45) is 4.99 Å². The molecule has 0 amide bonds. The fourth-order valence-corrected chi connectivity index (χ4v) is 2.40. The number of guanidine groups is 1. The van der Waals surface area contributed by atoms with E-state index >= 15 is 0 Å². The molecule has 0 saturated carbocycles. The van der Waals surface area contributed by atoms with Crippen LogP contribution in [-0.4, -0.2) is 25.6 Å². The number of halogens is 2. The zero-order chi connectivity index (χ0) is 18.1. The normalized spacial score (nSPS) is 10.7. The second kappa shape index (κ2) is 11.7. The Morgan fingerprint density at radius 1 is 1.08 bits per heavy atom. The number of hydrogen-bond acceptors (Lipinski definition) is 3. The maximum absolute atomic E-state index is 11.6. The van der Waals surface area contributed by atoms with Crippen LogP contribution in [0.25, 0.3) is 0 Å².